The lowest BCUT2D eigenvalue weighted by Gasteiger charge is -2.16. The monoisotopic (exact) mass is 466 g/mol. The van der Waals surface area contributed by atoms with Gasteiger partial charge in [0.1, 0.15) is 5.75 Å². The van der Waals surface area contributed by atoms with Crippen LogP contribution in [0.1, 0.15) is 78.2 Å². The molecule has 0 heterocycles. The smallest absolute Gasteiger partial charge is 0.335 e. The van der Waals surface area contributed by atoms with Crippen LogP contribution in [0, 0.1) is 0 Å². The largest absolute Gasteiger partial charge is 0.423 e. The fourth-order valence-electron chi connectivity index (χ4n) is 2.94. The minimum atomic E-state index is -0.447. The molecule has 0 spiro atoms. The number of aliphatic hydroxyl groups is 2. The van der Waals surface area contributed by atoms with Crippen molar-refractivity contribution in [1.29, 1.82) is 0 Å². The zero-order valence-electron chi connectivity index (χ0n) is 21.1. The predicted molar refractivity (Wildman–Crippen MR) is 134 cm³/mol. The van der Waals surface area contributed by atoms with E-state index in [2.05, 4.69) is 13.5 Å². The van der Waals surface area contributed by atoms with Crippen molar-refractivity contribution >= 4 is 5.97 Å². The second kappa shape index (κ2) is 20.8. The van der Waals surface area contributed by atoms with Gasteiger partial charge in [-0.3, -0.25) is 0 Å². The number of benzene rings is 1. The van der Waals surface area contributed by atoms with Crippen LogP contribution in [0.25, 0.3) is 0 Å². The van der Waals surface area contributed by atoms with Crippen LogP contribution >= 0.6 is 0 Å². The van der Waals surface area contributed by atoms with Crippen molar-refractivity contribution < 1.29 is 29.2 Å². The van der Waals surface area contributed by atoms with Gasteiger partial charge < -0.3 is 24.4 Å². The molecule has 1 rings (SSSR count). The van der Waals surface area contributed by atoms with Crippen LogP contribution < -0.4 is 4.74 Å². The number of hydrogen-bond donors (Lipinski definition) is 2. The zero-order valence-corrected chi connectivity index (χ0v) is 21.1. The molecule has 0 fully saturated rings. The number of rotatable bonds is 17. The van der Waals surface area contributed by atoms with E-state index in [1.807, 2.05) is 31.2 Å². The van der Waals surface area contributed by atoms with Gasteiger partial charge in [-0.25, -0.2) is 4.79 Å². The van der Waals surface area contributed by atoms with Crippen LogP contribution in [0.4, 0.5) is 0 Å². The standard InChI is InChI=1S/C18H26O2.C9H20O4/c1-3-5-6-7-8-9-10-13-16-14-11-12-15-17(16)20-18(19)4-2;1-7(11)5-12-9(3)6-13-8(2)4-10/h4,11-12,14-15H,2-3,5-10,13H2,1H3;7-11H,4-6H2,1-3H3. The van der Waals surface area contributed by atoms with Crippen molar-refractivity contribution in [2.45, 2.75) is 97.4 Å². The molecule has 6 heteroatoms. The van der Waals surface area contributed by atoms with Gasteiger partial charge in [0.05, 0.1) is 38.1 Å². The number of esters is 1. The number of aryl methyl sites for hydroxylation is 1. The van der Waals surface area contributed by atoms with Crippen molar-refractivity contribution in [3.8, 4) is 5.75 Å². The Morgan fingerprint density at radius 1 is 0.970 bits per heavy atom. The Morgan fingerprint density at radius 2 is 1.58 bits per heavy atom. The van der Waals surface area contributed by atoms with Gasteiger partial charge in [-0.15, -0.1) is 0 Å². The van der Waals surface area contributed by atoms with E-state index in [9.17, 15) is 4.79 Å². The summed E-state index contributed by atoms with van der Waals surface area (Å²) in [6.45, 7) is 11.8. The van der Waals surface area contributed by atoms with Crippen LogP contribution in [0.2, 0.25) is 0 Å². The number of aliphatic hydroxyl groups excluding tert-OH is 2. The van der Waals surface area contributed by atoms with Gasteiger partial charge in [-0.05, 0) is 45.2 Å². The SMILES string of the molecule is C=CC(=O)Oc1ccccc1CCCCCCCCC.CC(O)COC(C)COC(C)CO. The average molecular weight is 467 g/mol. The third kappa shape index (κ3) is 18.4. The summed E-state index contributed by atoms with van der Waals surface area (Å²) in [5.41, 5.74) is 1.11. The highest BCUT2D eigenvalue weighted by Gasteiger charge is 2.07. The maximum atomic E-state index is 11.3. The van der Waals surface area contributed by atoms with Gasteiger partial charge in [0.2, 0.25) is 0 Å². The lowest BCUT2D eigenvalue weighted by atomic mass is 10.0. The first kappa shape index (κ1) is 31.3. The average Bonchev–Trinajstić information content (AvgIpc) is 2.81. The summed E-state index contributed by atoms with van der Waals surface area (Å²) in [6, 6.07) is 7.75. The van der Waals surface area contributed by atoms with E-state index < -0.39 is 12.1 Å². The molecular weight excluding hydrogens is 420 g/mol. The molecule has 6 nitrogen and oxygen atoms in total. The highest BCUT2D eigenvalue weighted by Crippen LogP contribution is 2.21. The van der Waals surface area contributed by atoms with E-state index in [1.54, 1.807) is 13.8 Å². The summed E-state index contributed by atoms with van der Waals surface area (Å²) >= 11 is 0. The molecule has 190 valence electrons. The predicted octanol–water partition coefficient (Wildman–Crippen LogP) is 5.24. The Bertz CT molecular complexity index is 616. The lowest BCUT2D eigenvalue weighted by Crippen LogP contribution is -2.24. The van der Waals surface area contributed by atoms with E-state index in [0.29, 0.717) is 19.0 Å². The number of para-hydroxylation sites is 1. The van der Waals surface area contributed by atoms with E-state index in [-0.39, 0.29) is 18.8 Å². The minimum Gasteiger partial charge on any atom is -0.423 e. The Morgan fingerprint density at radius 3 is 2.18 bits per heavy atom. The molecule has 1 aromatic rings. The Kier molecular flexibility index (Phi) is 19.8. The number of ether oxygens (including phenoxy) is 3. The molecule has 0 bridgehead atoms. The summed E-state index contributed by atoms with van der Waals surface area (Å²) < 4.78 is 15.7. The van der Waals surface area contributed by atoms with E-state index in [1.165, 1.54) is 44.6 Å². The number of unbranched alkanes of at least 4 members (excludes halogenated alkanes) is 6. The van der Waals surface area contributed by atoms with E-state index in [0.717, 1.165) is 18.4 Å². The first-order valence-electron chi connectivity index (χ1n) is 12.3. The summed E-state index contributed by atoms with van der Waals surface area (Å²) in [7, 11) is 0. The molecule has 0 amide bonds. The van der Waals surface area contributed by atoms with Crippen molar-refractivity contribution in [3.05, 3.63) is 42.5 Å². The molecule has 0 saturated carbocycles. The molecule has 0 saturated heterocycles. The molecule has 0 aliphatic rings. The fourth-order valence-corrected chi connectivity index (χ4v) is 2.94. The third-order valence-corrected chi connectivity index (χ3v) is 4.89. The molecule has 0 radical (unpaired) electrons. The number of hydrogen-bond acceptors (Lipinski definition) is 6. The van der Waals surface area contributed by atoms with Crippen molar-refractivity contribution in [3.63, 3.8) is 0 Å². The number of carbonyl (C=O) groups is 1. The maximum Gasteiger partial charge on any atom is 0.335 e. The quantitative estimate of drug-likeness (QED) is 0.141. The Balaban J connectivity index is 0.000000684. The first-order chi connectivity index (χ1) is 15.8. The van der Waals surface area contributed by atoms with Crippen LogP contribution in [0.3, 0.4) is 0 Å². The second-order valence-electron chi connectivity index (χ2n) is 8.42. The van der Waals surface area contributed by atoms with Gasteiger partial charge in [0.15, 0.2) is 0 Å². The van der Waals surface area contributed by atoms with Gasteiger partial charge in [0.25, 0.3) is 0 Å². The Hall–Kier alpha value is -1.73. The minimum absolute atomic E-state index is 0.0170. The highest BCUT2D eigenvalue weighted by atomic mass is 16.5. The normalized spacial score (nSPS) is 13.4. The third-order valence-electron chi connectivity index (χ3n) is 4.89. The topological polar surface area (TPSA) is 85.2 Å². The van der Waals surface area contributed by atoms with Crippen molar-refractivity contribution in [2.24, 2.45) is 0 Å². The highest BCUT2D eigenvalue weighted by molar-refractivity contribution is 5.83. The van der Waals surface area contributed by atoms with Gasteiger partial charge in [-0.1, -0.05) is 70.2 Å². The van der Waals surface area contributed by atoms with Gasteiger partial charge in [-0.2, -0.15) is 0 Å². The molecule has 2 N–H and O–H groups in total. The maximum absolute atomic E-state index is 11.3. The summed E-state index contributed by atoms with van der Waals surface area (Å²) in [6.07, 6.45) is 10.5. The second-order valence-corrected chi connectivity index (χ2v) is 8.42. The summed E-state index contributed by atoms with van der Waals surface area (Å²) in [5.74, 6) is 0.278. The molecule has 0 aromatic heterocycles. The summed E-state index contributed by atoms with van der Waals surface area (Å²) in [5, 5.41) is 17.6. The zero-order chi connectivity index (χ0) is 24.9. The summed E-state index contributed by atoms with van der Waals surface area (Å²) in [4.78, 5) is 11.3. The van der Waals surface area contributed by atoms with Crippen LogP contribution in [0.15, 0.2) is 36.9 Å². The Labute approximate surface area is 201 Å². The first-order valence-corrected chi connectivity index (χ1v) is 12.3. The van der Waals surface area contributed by atoms with Gasteiger partial charge >= 0.3 is 5.97 Å². The van der Waals surface area contributed by atoms with Gasteiger partial charge in [0, 0.05) is 6.08 Å². The van der Waals surface area contributed by atoms with Crippen LogP contribution in [-0.4, -0.2) is 54.3 Å². The molecule has 0 aliphatic carbocycles. The fraction of sp³-hybridized carbons (Fsp3) is 0.667. The van der Waals surface area contributed by atoms with Crippen LogP contribution in [-0.2, 0) is 20.7 Å². The molecule has 0 aliphatic heterocycles. The van der Waals surface area contributed by atoms with Crippen molar-refractivity contribution in [1.82, 2.24) is 0 Å². The molecular formula is C27H46O6. The van der Waals surface area contributed by atoms with Crippen molar-refractivity contribution in [2.75, 3.05) is 19.8 Å². The van der Waals surface area contributed by atoms with E-state index in [4.69, 9.17) is 24.4 Å². The molecule has 33 heavy (non-hydrogen) atoms. The lowest BCUT2D eigenvalue weighted by molar-refractivity contribution is -0.129. The van der Waals surface area contributed by atoms with Crippen LogP contribution in [0.5, 0.6) is 5.75 Å². The van der Waals surface area contributed by atoms with E-state index >= 15 is 0 Å². The molecule has 3 atom stereocenters. The molecule has 1 aromatic carbocycles. The number of carbonyl (C=O) groups excluding carboxylic acids is 1. The molecule has 3 unspecified atom stereocenters.